The molecular weight excluding hydrogens is 182 g/mol. The number of aromatic nitrogens is 1. The molecule has 2 heterocycles. The predicted molar refractivity (Wildman–Crippen MR) is 55.5 cm³/mol. The van der Waals surface area contributed by atoms with Crippen molar-refractivity contribution in [1.29, 1.82) is 0 Å². The highest BCUT2D eigenvalue weighted by molar-refractivity contribution is 8.09. The summed E-state index contributed by atoms with van der Waals surface area (Å²) >= 11 is 1.90. The minimum Gasteiger partial charge on any atom is -0.441 e. The molecule has 0 spiro atoms. The second-order valence-corrected chi connectivity index (χ2v) is 4.54. The summed E-state index contributed by atoms with van der Waals surface area (Å²) in [4.78, 5) is 5.35. The van der Waals surface area contributed by atoms with Crippen molar-refractivity contribution in [3.05, 3.63) is 23.9 Å². The molecule has 1 atom stereocenters. The van der Waals surface area contributed by atoms with Crippen molar-refractivity contribution in [1.82, 2.24) is 4.98 Å². The summed E-state index contributed by atoms with van der Waals surface area (Å²) in [6.45, 7) is 4.10. The number of rotatable bonds is 2. The first-order valence-corrected chi connectivity index (χ1v) is 5.47. The van der Waals surface area contributed by atoms with Crippen molar-refractivity contribution < 1.29 is 4.42 Å². The smallest absolute Gasteiger partial charge is 0.191 e. The molecule has 0 aliphatic carbocycles. The number of nitrogens with zero attached hydrogens (tertiary/aromatic N) is 1. The van der Waals surface area contributed by atoms with Gasteiger partial charge in [0.1, 0.15) is 0 Å². The minimum absolute atomic E-state index is 0.736. The first-order valence-electron chi connectivity index (χ1n) is 4.59. The lowest BCUT2D eigenvalue weighted by Gasteiger charge is -2.03. The lowest BCUT2D eigenvalue weighted by Crippen LogP contribution is -1.91. The normalized spacial score (nSPS) is 22.0. The maximum Gasteiger partial charge on any atom is 0.191 e. The molecule has 3 heteroatoms. The SMILES string of the molecule is CCC1CC=C(c2cnc(C)o2)S1. The van der Waals surface area contributed by atoms with Crippen molar-refractivity contribution in [3.8, 4) is 0 Å². The molecule has 2 rings (SSSR count). The monoisotopic (exact) mass is 195 g/mol. The van der Waals surface area contributed by atoms with Gasteiger partial charge in [-0.1, -0.05) is 13.0 Å². The number of allylic oxidation sites excluding steroid dienone is 1. The lowest BCUT2D eigenvalue weighted by atomic mass is 10.2. The van der Waals surface area contributed by atoms with Crippen LogP contribution in [0.2, 0.25) is 0 Å². The summed E-state index contributed by atoms with van der Waals surface area (Å²) < 4.78 is 5.46. The lowest BCUT2D eigenvalue weighted by molar-refractivity contribution is 0.512. The zero-order valence-electron chi connectivity index (χ0n) is 7.91. The molecule has 0 bridgehead atoms. The maximum atomic E-state index is 5.46. The average Bonchev–Trinajstić information content (AvgIpc) is 2.71. The van der Waals surface area contributed by atoms with Crippen molar-refractivity contribution in [3.63, 3.8) is 0 Å². The van der Waals surface area contributed by atoms with E-state index in [2.05, 4.69) is 18.0 Å². The molecule has 0 amide bonds. The van der Waals surface area contributed by atoms with E-state index in [1.165, 1.54) is 11.3 Å². The topological polar surface area (TPSA) is 26.0 Å². The van der Waals surface area contributed by atoms with Crippen molar-refractivity contribution in [2.24, 2.45) is 0 Å². The van der Waals surface area contributed by atoms with Gasteiger partial charge in [-0.05, 0) is 12.8 Å². The highest BCUT2D eigenvalue weighted by Crippen LogP contribution is 2.40. The van der Waals surface area contributed by atoms with Gasteiger partial charge in [-0.15, -0.1) is 11.8 Å². The first-order chi connectivity index (χ1) is 6.29. The second kappa shape index (κ2) is 3.58. The molecule has 0 saturated carbocycles. The van der Waals surface area contributed by atoms with Crippen LogP contribution in [0.25, 0.3) is 4.91 Å². The van der Waals surface area contributed by atoms with Crippen LogP contribution < -0.4 is 0 Å². The Hall–Kier alpha value is -0.700. The van der Waals surface area contributed by atoms with Crippen LogP contribution in [-0.4, -0.2) is 10.2 Å². The van der Waals surface area contributed by atoms with Crippen LogP contribution in [0.3, 0.4) is 0 Å². The first kappa shape index (κ1) is 8.88. The van der Waals surface area contributed by atoms with E-state index >= 15 is 0 Å². The van der Waals surface area contributed by atoms with Crippen LogP contribution >= 0.6 is 11.8 Å². The summed E-state index contributed by atoms with van der Waals surface area (Å²) in [5, 5.41) is 0.736. The summed E-state index contributed by atoms with van der Waals surface area (Å²) in [5.74, 6) is 1.68. The fraction of sp³-hybridized carbons (Fsp3) is 0.500. The Morgan fingerprint density at radius 3 is 3.08 bits per heavy atom. The number of hydrogen-bond donors (Lipinski definition) is 0. The van der Waals surface area contributed by atoms with Gasteiger partial charge in [0.05, 0.1) is 6.20 Å². The molecule has 70 valence electrons. The van der Waals surface area contributed by atoms with E-state index in [9.17, 15) is 0 Å². The standard InChI is InChI=1S/C10H13NOS/c1-3-8-4-5-10(13-8)9-6-11-7(2)12-9/h5-6,8H,3-4H2,1-2H3. The van der Waals surface area contributed by atoms with Gasteiger partial charge in [0.25, 0.3) is 0 Å². The van der Waals surface area contributed by atoms with Crippen molar-refractivity contribution in [2.45, 2.75) is 31.9 Å². The molecule has 0 N–H and O–H groups in total. The number of thioether (sulfide) groups is 1. The molecule has 2 nitrogen and oxygen atoms in total. The molecule has 1 aromatic heterocycles. The zero-order valence-corrected chi connectivity index (χ0v) is 8.73. The van der Waals surface area contributed by atoms with Gasteiger partial charge in [0.2, 0.25) is 0 Å². The molecule has 13 heavy (non-hydrogen) atoms. The van der Waals surface area contributed by atoms with Crippen molar-refractivity contribution in [2.75, 3.05) is 0 Å². The molecule has 0 saturated heterocycles. The Bertz CT molecular complexity index is 329. The average molecular weight is 195 g/mol. The Balaban J connectivity index is 2.12. The van der Waals surface area contributed by atoms with Crippen molar-refractivity contribution >= 4 is 16.7 Å². The van der Waals surface area contributed by atoms with Crippen LogP contribution in [-0.2, 0) is 0 Å². The molecule has 0 aromatic carbocycles. The van der Waals surface area contributed by atoms with Crippen LogP contribution in [0.1, 0.15) is 31.4 Å². The van der Waals surface area contributed by atoms with Gasteiger partial charge in [-0.3, -0.25) is 0 Å². The Labute approximate surface area is 82.4 Å². The van der Waals surface area contributed by atoms with E-state index in [1.54, 1.807) is 0 Å². The maximum absolute atomic E-state index is 5.46. The summed E-state index contributed by atoms with van der Waals surface area (Å²) in [7, 11) is 0. The summed E-state index contributed by atoms with van der Waals surface area (Å²) in [5.41, 5.74) is 0. The van der Waals surface area contributed by atoms with Crippen LogP contribution in [0, 0.1) is 6.92 Å². The molecule has 1 aliphatic heterocycles. The summed E-state index contributed by atoms with van der Waals surface area (Å²) in [6.07, 6.45) is 6.44. The third-order valence-electron chi connectivity index (χ3n) is 2.18. The number of oxazole rings is 1. The molecule has 1 aliphatic rings. The fourth-order valence-electron chi connectivity index (χ4n) is 1.40. The largest absolute Gasteiger partial charge is 0.441 e. The zero-order chi connectivity index (χ0) is 9.26. The third-order valence-corrected chi connectivity index (χ3v) is 3.66. The minimum atomic E-state index is 0.736. The molecule has 1 unspecified atom stereocenters. The quantitative estimate of drug-likeness (QED) is 0.724. The van der Waals surface area contributed by atoms with Crippen LogP contribution in [0.4, 0.5) is 0 Å². The van der Waals surface area contributed by atoms with E-state index in [-0.39, 0.29) is 0 Å². The molecule has 0 radical (unpaired) electrons. The Morgan fingerprint density at radius 1 is 1.69 bits per heavy atom. The van der Waals surface area contributed by atoms with E-state index in [4.69, 9.17) is 4.42 Å². The third kappa shape index (κ3) is 1.80. The number of aryl methyl sites for hydroxylation is 1. The Morgan fingerprint density at radius 2 is 2.54 bits per heavy atom. The van der Waals surface area contributed by atoms with Gasteiger partial charge in [-0.2, -0.15) is 0 Å². The highest BCUT2D eigenvalue weighted by Gasteiger charge is 2.19. The molecular formula is C10H13NOS. The van der Waals surface area contributed by atoms with Gasteiger partial charge < -0.3 is 4.42 Å². The van der Waals surface area contributed by atoms with E-state index in [0.717, 1.165) is 23.3 Å². The van der Waals surface area contributed by atoms with Gasteiger partial charge in [0.15, 0.2) is 11.7 Å². The Kier molecular flexibility index (Phi) is 2.44. The van der Waals surface area contributed by atoms with E-state index in [0.29, 0.717) is 0 Å². The van der Waals surface area contributed by atoms with Crippen LogP contribution in [0.5, 0.6) is 0 Å². The predicted octanol–water partition coefficient (Wildman–Crippen LogP) is 3.24. The second-order valence-electron chi connectivity index (χ2n) is 3.20. The van der Waals surface area contributed by atoms with E-state index < -0.39 is 0 Å². The summed E-state index contributed by atoms with van der Waals surface area (Å²) in [6, 6.07) is 0. The van der Waals surface area contributed by atoms with Crippen LogP contribution in [0.15, 0.2) is 16.7 Å². The molecule has 0 fully saturated rings. The number of hydrogen-bond acceptors (Lipinski definition) is 3. The van der Waals surface area contributed by atoms with E-state index in [1.807, 2.05) is 24.9 Å². The molecule has 1 aromatic rings. The van der Waals surface area contributed by atoms with Gasteiger partial charge >= 0.3 is 0 Å². The van der Waals surface area contributed by atoms with Gasteiger partial charge in [0, 0.05) is 17.1 Å². The van der Waals surface area contributed by atoms with Gasteiger partial charge in [-0.25, -0.2) is 4.98 Å². The fourth-order valence-corrected chi connectivity index (χ4v) is 2.52. The highest BCUT2D eigenvalue weighted by atomic mass is 32.2.